The van der Waals surface area contributed by atoms with Crippen molar-refractivity contribution in [1.29, 1.82) is 0 Å². The van der Waals surface area contributed by atoms with Crippen LogP contribution >= 0.6 is 45.5 Å². The smallest absolute Gasteiger partial charge is 0.279 e. The van der Waals surface area contributed by atoms with Crippen LogP contribution in [0.2, 0.25) is 15.1 Å². The molecule has 3 N–H and O–H groups in total. The van der Waals surface area contributed by atoms with Crippen LogP contribution in [0, 0.1) is 0 Å². The Bertz CT molecular complexity index is 3820. The summed E-state index contributed by atoms with van der Waals surface area (Å²) in [4.78, 5) is -0.162. The van der Waals surface area contributed by atoms with Crippen molar-refractivity contribution in [3.05, 3.63) is 191 Å². The number of benzene rings is 7. The zero-order valence-electron chi connectivity index (χ0n) is 35.2. The van der Waals surface area contributed by atoms with E-state index in [1.54, 1.807) is 91.0 Å². The molecule has 71 heavy (non-hydrogen) atoms. The van der Waals surface area contributed by atoms with Crippen molar-refractivity contribution in [2.75, 3.05) is 14.2 Å². The normalized spacial score (nSPS) is 11.5. The van der Waals surface area contributed by atoms with E-state index in [0.717, 1.165) is 0 Å². The van der Waals surface area contributed by atoms with Crippen LogP contribution < -0.4 is 14.2 Å². The molecule has 0 aliphatic rings. The van der Waals surface area contributed by atoms with Crippen LogP contribution in [0.5, 0.6) is 0 Å². The number of fused-ring (bicyclic) bond motifs is 3. The first kappa shape index (κ1) is 53.7. The molecule has 0 bridgehead atoms. The van der Waals surface area contributed by atoms with Crippen molar-refractivity contribution in [2.24, 2.45) is 0 Å². The van der Waals surface area contributed by atoms with Crippen LogP contribution in [0.4, 0.5) is 17.5 Å². The van der Waals surface area contributed by atoms with Gasteiger partial charge in [-0.2, -0.15) is 16.8 Å². The lowest BCUT2D eigenvalue weighted by atomic mass is 10.2. The van der Waals surface area contributed by atoms with Gasteiger partial charge in [0.05, 0.1) is 50.8 Å². The van der Waals surface area contributed by atoms with Gasteiger partial charge < -0.3 is 19.3 Å². The molecule has 7 aromatic carbocycles. The van der Waals surface area contributed by atoms with E-state index in [1.807, 2.05) is 0 Å². The number of nitrogens with two attached hydrogens (primary N) is 1. The molecule has 3 aromatic heterocycles. The van der Waals surface area contributed by atoms with Gasteiger partial charge in [0.15, 0.2) is 28.4 Å². The van der Waals surface area contributed by atoms with Crippen LogP contribution in [0.1, 0.15) is 7.43 Å². The molecule has 0 aliphatic heterocycles. The summed E-state index contributed by atoms with van der Waals surface area (Å²) >= 11 is 18.1. The summed E-state index contributed by atoms with van der Waals surface area (Å²) in [6.07, 6.45) is 0. The van der Waals surface area contributed by atoms with E-state index in [2.05, 4.69) is 20.2 Å². The largest absolute Gasteiger partial charge is 0.380 e. The molecule has 3 heterocycles. The van der Waals surface area contributed by atoms with E-state index in [0.29, 0.717) is 37.8 Å². The van der Waals surface area contributed by atoms with Crippen LogP contribution in [0.3, 0.4) is 0 Å². The average Bonchev–Trinajstić information content (AvgIpc) is 4.08. The number of aromatic nitrogens is 3. The van der Waals surface area contributed by atoms with E-state index in [9.17, 15) is 33.7 Å². The Morgan fingerprint density at radius 1 is 0.437 bits per heavy atom. The monoisotopic (exact) mass is 1120 g/mol. The molecule has 17 nitrogen and oxygen atoms in total. The summed E-state index contributed by atoms with van der Waals surface area (Å²) in [7, 11) is -11.4. The fourth-order valence-electron chi connectivity index (χ4n) is 6.16. The van der Waals surface area contributed by atoms with E-state index in [1.165, 1.54) is 84.9 Å². The lowest BCUT2D eigenvalue weighted by Crippen LogP contribution is -2.37. The Morgan fingerprint density at radius 2 is 0.803 bits per heavy atom. The van der Waals surface area contributed by atoms with Crippen molar-refractivity contribution in [1.82, 2.24) is 15.5 Å². The van der Waals surface area contributed by atoms with Gasteiger partial charge >= 0.3 is 0 Å². The van der Waals surface area contributed by atoms with Crippen molar-refractivity contribution in [3.8, 4) is 0 Å². The van der Waals surface area contributed by atoms with E-state index >= 15 is 0 Å². The lowest BCUT2D eigenvalue weighted by molar-refractivity contribution is 0.458. The van der Waals surface area contributed by atoms with Gasteiger partial charge in [-0.25, -0.2) is 16.8 Å². The first-order chi connectivity index (χ1) is 33.3. The van der Waals surface area contributed by atoms with Gasteiger partial charge in [-0.05, 0) is 84.9 Å². The molecule has 25 heteroatoms. The van der Waals surface area contributed by atoms with Gasteiger partial charge in [0, 0.05) is 10.7 Å². The van der Waals surface area contributed by atoms with Crippen molar-refractivity contribution < 1.29 is 47.2 Å². The molecular weight excluding hydrogens is 1080 g/mol. The van der Waals surface area contributed by atoms with Gasteiger partial charge in [0.2, 0.25) is 5.82 Å². The Kier molecular flexibility index (Phi) is 17.1. The second-order valence-electron chi connectivity index (χ2n) is 13.9. The molecule has 10 rings (SSSR count). The molecule has 0 amide bonds. The summed E-state index contributed by atoms with van der Waals surface area (Å²) in [5.74, 6) is -0.0154. The maximum atomic E-state index is 13.4. The highest BCUT2D eigenvalue weighted by molar-refractivity contribution is 8.13. The number of nitrogens with zero attached hydrogens (tertiary/aromatic N) is 4. The van der Waals surface area contributed by atoms with Crippen LogP contribution in [-0.4, -0.2) is 49.1 Å². The highest BCUT2D eigenvalue weighted by atomic mass is 35.7. The molecule has 368 valence electrons. The third kappa shape index (κ3) is 12.3. The third-order valence-corrected chi connectivity index (χ3v) is 17.2. The second kappa shape index (κ2) is 22.6. The standard InChI is InChI=1S/C19H13ClN2O5S2.C13H9ClN2O3S.C7H5ClN2O.C6H5ClO2S.CH4/c20-16-12-7-13-17-18(16)19(21-27-17)22(28(23,24)14-8-3-1-4-9-14)29(25,26)15-10-5-2-6-11-15;14-10-7-4-8-11-12(10)13(15-19-11)16-20(17,18)9-5-2-1-3-6-9;8-4-2-1-3-5-6(4)7(9)10-11-5;7-10(8,9)6-4-2-1-3-5-6;/h1-13H;1-8H,(H,15,16);1-3H,(H2,9,10);1-5H;1H4. The van der Waals surface area contributed by atoms with E-state index < -0.39 is 44.9 Å². The minimum Gasteiger partial charge on any atom is -0.380 e. The Hall–Kier alpha value is -6.69. The molecule has 0 radical (unpaired) electrons. The first-order valence-electron chi connectivity index (χ1n) is 19.7. The highest BCUT2D eigenvalue weighted by Crippen LogP contribution is 2.38. The minimum absolute atomic E-state index is 0. The van der Waals surface area contributed by atoms with Crippen LogP contribution in [0.25, 0.3) is 32.9 Å². The highest BCUT2D eigenvalue weighted by Gasteiger charge is 2.40. The topological polar surface area (TPSA) is 256 Å². The molecule has 0 atom stereocenters. The number of nitrogen functional groups attached to an aromatic ring is 1. The first-order valence-corrected chi connectivity index (χ1v) is 27.5. The predicted molar refractivity (Wildman–Crippen MR) is 275 cm³/mol. The quantitative estimate of drug-likeness (QED) is 0.127. The molecule has 0 saturated heterocycles. The van der Waals surface area contributed by atoms with Gasteiger partial charge in [0.1, 0.15) is 0 Å². The summed E-state index contributed by atoms with van der Waals surface area (Å²) in [6, 6.07) is 45.2. The number of halogens is 4. The lowest BCUT2D eigenvalue weighted by Gasteiger charge is -2.22. The summed E-state index contributed by atoms with van der Waals surface area (Å²) in [5, 5.41) is 13.3. The molecule has 0 unspecified atom stereocenters. The summed E-state index contributed by atoms with van der Waals surface area (Å²) in [6.45, 7) is 0. The van der Waals surface area contributed by atoms with Gasteiger partial charge in [-0.1, -0.05) is 149 Å². The maximum Gasteiger partial charge on any atom is 0.279 e. The summed E-state index contributed by atoms with van der Waals surface area (Å²) in [5.41, 5.74) is 6.68. The number of rotatable bonds is 9. The van der Waals surface area contributed by atoms with Crippen molar-refractivity contribution in [3.63, 3.8) is 0 Å². The number of sulfonamides is 3. The van der Waals surface area contributed by atoms with Crippen LogP contribution in [0.15, 0.2) is 209 Å². The molecule has 0 aliphatic carbocycles. The Morgan fingerprint density at radius 3 is 1.24 bits per heavy atom. The van der Waals surface area contributed by atoms with Crippen LogP contribution in [-0.2, 0) is 39.1 Å². The van der Waals surface area contributed by atoms with Gasteiger partial charge in [0.25, 0.3) is 39.1 Å². The van der Waals surface area contributed by atoms with Crippen molar-refractivity contribution >= 4 is 135 Å². The number of nitrogens with one attached hydrogen (secondary N) is 1. The molecule has 0 fully saturated rings. The second-order valence-corrected chi connectivity index (χ2v) is 23.2. The zero-order valence-corrected chi connectivity index (χ0v) is 41.5. The zero-order chi connectivity index (χ0) is 50.3. The number of anilines is 3. The third-order valence-electron chi connectivity index (χ3n) is 9.35. The van der Waals surface area contributed by atoms with Crippen molar-refractivity contribution in [2.45, 2.75) is 27.0 Å². The molecule has 10 aromatic rings. The van der Waals surface area contributed by atoms with Gasteiger partial charge in [-0.3, -0.25) is 4.72 Å². The number of hydrogen-bond donors (Lipinski definition) is 2. The van der Waals surface area contributed by atoms with E-state index in [4.69, 9.17) is 64.8 Å². The molecule has 0 spiro atoms. The Balaban J connectivity index is 0.000000169. The fourth-order valence-corrected chi connectivity index (χ4v) is 12.4. The number of hydrogen-bond acceptors (Lipinski definition) is 15. The Labute approximate surface area is 426 Å². The molecular formula is C46H36Cl4N6O11S4. The minimum atomic E-state index is -4.57. The fraction of sp³-hybridized carbons (Fsp3) is 0.0217. The van der Waals surface area contributed by atoms with E-state index in [-0.39, 0.29) is 52.5 Å². The summed E-state index contributed by atoms with van der Waals surface area (Å²) < 4.78 is 117. The predicted octanol–water partition coefficient (Wildman–Crippen LogP) is 11.7. The SMILES string of the molecule is C.Nc1noc2cccc(Cl)c12.O=S(=O)(Cl)c1ccccc1.O=S(=O)(Nc1noc2cccc(Cl)c12)c1ccccc1.O=S(=O)(c1ccccc1)N(c1noc2cccc(Cl)c12)S(=O)(=O)c1ccccc1. The average molecular weight is 1120 g/mol. The maximum absolute atomic E-state index is 13.4. The molecule has 0 saturated carbocycles. The van der Waals surface area contributed by atoms with Gasteiger partial charge in [-0.15, -0.1) is 3.71 Å².